The number of nitrogens with zero attached hydrogens (tertiary/aromatic N) is 3. The summed E-state index contributed by atoms with van der Waals surface area (Å²) in [6, 6.07) is 17.4. The smallest absolute Gasteiger partial charge is 0.231 e. The SMILES string of the molecule is N#Cc1c(C(F)F)nn(-c2ccccc2)c1-c1ccccc1Cl. The van der Waals surface area contributed by atoms with Crippen LogP contribution in [0.2, 0.25) is 5.02 Å². The van der Waals surface area contributed by atoms with Gasteiger partial charge in [-0.3, -0.25) is 0 Å². The molecule has 3 nitrogen and oxygen atoms in total. The Hall–Kier alpha value is -2.71. The molecule has 0 spiro atoms. The van der Waals surface area contributed by atoms with Crippen LogP contribution in [0, 0.1) is 11.3 Å². The van der Waals surface area contributed by atoms with Gasteiger partial charge in [0.05, 0.1) is 16.4 Å². The van der Waals surface area contributed by atoms with Gasteiger partial charge >= 0.3 is 0 Å². The van der Waals surface area contributed by atoms with Crippen LogP contribution in [0.15, 0.2) is 54.6 Å². The number of halogens is 3. The maximum Gasteiger partial charge on any atom is 0.283 e. The Morgan fingerprint density at radius 3 is 2.30 bits per heavy atom. The van der Waals surface area contributed by atoms with Crippen molar-refractivity contribution >= 4 is 11.6 Å². The number of benzene rings is 2. The zero-order chi connectivity index (χ0) is 16.4. The molecule has 3 aromatic rings. The molecule has 0 aliphatic carbocycles. The molecule has 0 saturated carbocycles. The number of rotatable bonds is 3. The fourth-order valence-corrected chi connectivity index (χ4v) is 2.58. The summed E-state index contributed by atoms with van der Waals surface area (Å²) in [7, 11) is 0. The molecule has 0 aliphatic heterocycles. The van der Waals surface area contributed by atoms with Gasteiger partial charge in [0.25, 0.3) is 6.43 Å². The highest BCUT2D eigenvalue weighted by Crippen LogP contribution is 2.36. The first-order valence-corrected chi connectivity index (χ1v) is 7.12. The van der Waals surface area contributed by atoms with E-state index in [1.54, 1.807) is 54.6 Å². The molecule has 6 heteroatoms. The highest BCUT2D eigenvalue weighted by molar-refractivity contribution is 6.33. The molecule has 0 atom stereocenters. The van der Waals surface area contributed by atoms with E-state index in [1.165, 1.54) is 4.68 Å². The summed E-state index contributed by atoms with van der Waals surface area (Å²) in [6.07, 6.45) is -2.85. The highest BCUT2D eigenvalue weighted by atomic mass is 35.5. The first-order chi connectivity index (χ1) is 11.1. The monoisotopic (exact) mass is 329 g/mol. The lowest BCUT2D eigenvalue weighted by atomic mass is 10.1. The predicted molar refractivity (Wildman–Crippen MR) is 83.7 cm³/mol. The third-order valence-electron chi connectivity index (χ3n) is 3.36. The van der Waals surface area contributed by atoms with Crippen LogP contribution >= 0.6 is 11.6 Å². The molecular formula is C17H10ClF2N3. The van der Waals surface area contributed by atoms with E-state index in [-0.39, 0.29) is 11.3 Å². The van der Waals surface area contributed by atoms with Crippen molar-refractivity contribution in [3.8, 4) is 23.0 Å². The summed E-state index contributed by atoms with van der Waals surface area (Å²) in [5, 5.41) is 13.7. The quantitative estimate of drug-likeness (QED) is 0.678. The summed E-state index contributed by atoms with van der Waals surface area (Å²) in [5.74, 6) is 0. The predicted octanol–water partition coefficient (Wildman–Crippen LogP) is 5.00. The molecule has 0 amide bonds. The Morgan fingerprint density at radius 2 is 1.70 bits per heavy atom. The number of hydrogen-bond acceptors (Lipinski definition) is 2. The average molecular weight is 330 g/mol. The van der Waals surface area contributed by atoms with E-state index in [1.807, 2.05) is 6.07 Å². The van der Waals surface area contributed by atoms with E-state index in [0.717, 1.165) is 0 Å². The summed E-state index contributed by atoms with van der Waals surface area (Å²) < 4.78 is 27.9. The number of alkyl halides is 2. The first kappa shape index (κ1) is 15.2. The van der Waals surface area contributed by atoms with Crippen LogP contribution in [0.1, 0.15) is 17.7 Å². The molecule has 1 aromatic heterocycles. The summed E-state index contributed by atoms with van der Waals surface area (Å²) >= 11 is 6.20. The van der Waals surface area contributed by atoms with E-state index >= 15 is 0 Å². The van der Waals surface area contributed by atoms with E-state index in [9.17, 15) is 14.0 Å². The van der Waals surface area contributed by atoms with Gasteiger partial charge in [0.15, 0.2) is 0 Å². The normalized spacial score (nSPS) is 10.7. The van der Waals surface area contributed by atoms with E-state index < -0.39 is 12.1 Å². The second kappa shape index (κ2) is 6.19. The van der Waals surface area contributed by atoms with Crippen molar-refractivity contribution in [1.29, 1.82) is 5.26 Å². The fraction of sp³-hybridized carbons (Fsp3) is 0.0588. The Morgan fingerprint density at radius 1 is 1.04 bits per heavy atom. The van der Waals surface area contributed by atoms with Crippen LogP contribution in [0.5, 0.6) is 0 Å². The molecule has 3 rings (SSSR count). The standard InChI is InChI=1S/C17H10ClF2N3/c18-14-9-5-4-8-12(14)16-13(10-21)15(17(19)20)22-23(16)11-6-2-1-3-7-11/h1-9,17H. The lowest BCUT2D eigenvalue weighted by molar-refractivity contribution is 0.145. The minimum Gasteiger partial charge on any atom is -0.231 e. The Bertz CT molecular complexity index is 883. The number of nitriles is 1. The second-order valence-electron chi connectivity index (χ2n) is 4.75. The van der Waals surface area contributed by atoms with Crippen molar-refractivity contribution in [2.45, 2.75) is 6.43 Å². The van der Waals surface area contributed by atoms with Crippen LogP contribution in [-0.2, 0) is 0 Å². The topological polar surface area (TPSA) is 41.6 Å². The summed E-state index contributed by atoms with van der Waals surface area (Å²) in [5.41, 5.74) is 0.600. The van der Waals surface area contributed by atoms with Crippen molar-refractivity contribution in [2.75, 3.05) is 0 Å². The Kier molecular flexibility index (Phi) is 4.09. The minimum atomic E-state index is -2.85. The van der Waals surface area contributed by atoms with Gasteiger partial charge in [0, 0.05) is 5.56 Å². The van der Waals surface area contributed by atoms with E-state index in [4.69, 9.17) is 11.6 Å². The van der Waals surface area contributed by atoms with Crippen molar-refractivity contribution in [2.24, 2.45) is 0 Å². The van der Waals surface area contributed by atoms with Gasteiger partial charge in [-0.15, -0.1) is 0 Å². The number of aromatic nitrogens is 2. The van der Waals surface area contributed by atoms with Gasteiger partial charge in [-0.05, 0) is 18.2 Å². The number of para-hydroxylation sites is 1. The Balaban J connectivity index is 2.37. The molecule has 1 heterocycles. The van der Waals surface area contributed by atoms with Crippen molar-refractivity contribution in [3.05, 3.63) is 70.9 Å². The van der Waals surface area contributed by atoms with Crippen LogP contribution in [0.4, 0.5) is 8.78 Å². The lowest BCUT2D eigenvalue weighted by Crippen LogP contribution is -2.00. The molecule has 23 heavy (non-hydrogen) atoms. The zero-order valence-corrected chi connectivity index (χ0v) is 12.5. The largest absolute Gasteiger partial charge is 0.283 e. The average Bonchev–Trinajstić information content (AvgIpc) is 2.95. The van der Waals surface area contributed by atoms with Gasteiger partial charge in [-0.1, -0.05) is 48.0 Å². The van der Waals surface area contributed by atoms with Gasteiger partial charge in [0.2, 0.25) is 0 Å². The summed E-state index contributed by atoms with van der Waals surface area (Å²) in [4.78, 5) is 0. The minimum absolute atomic E-state index is 0.169. The van der Waals surface area contributed by atoms with Crippen molar-refractivity contribution in [1.82, 2.24) is 9.78 Å². The lowest BCUT2D eigenvalue weighted by Gasteiger charge is -2.09. The third kappa shape index (κ3) is 2.69. The maximum atomic E-state index is 13.3. The van der Waals surface area contributed by atoms with E-state index in [2.05, 4.69) is 5.10 Å². The third-order valence-corrected chi connectivity index (χ3v) is 3.69. The molecule has 0 saturated heterocycles. The van der Waals surface area contributed by atoms with Crippen LogP contribution < -0.4 is 0 Å². The first-order valence-electron chi connectivity index (χ1n) is 6.75. The van der Waals surface area contributed by atoms with Gasteiger partial charge in [0.1, 0.15) is 17.3 Å². The molecule has 2 aromatic carbocycles. The van der Waals surface area contributed by atoms with E-state index in [0.29, 0.717) is 16.3 Å². The molecule has 0 bridgehead atoms. The maximum absolute atomic E-state index is 13.3. The van der Waals surface area contributed by atoms with Crippen LogP contribution in [-0.4, -0.2) is 9.78 Å². The second-order valence-corrected chi connectivity index (χ2v) is 5.16. The Labute approximate surface area is 136 Å². The van der Waals surface area contributed by atoms with Gasteiger partial charge in [-0.2, -0.15) is 10.4 Å². The highest BCUT2D eigenvalue weighted by Gasteiger charge is 2.26. The van der Waals surface area contributed by atoms with Crippen LogP contribution in [0.3, 0.4) is 0 Å². The number of hydrogen-bond donors (Lipinski definition) is 0. The molecular weight excluding hydrogens is 320 g/mol. The molecule has 0 aliphatic rings. The molecule has 0 radical (unpaired) electrons. The van der Waals surface area contributed by atoms with Crippen LogP contribution in [0.25, 0.3) is 16.9 Å². The molecule has 0 N–H and O–H groups in total. The van der Waals surface area contributed by atoms with Gasteiger partial charge < -0.3 is 0 Å². The molecule has 114 valence electrons. The zero-order valence-electron chi connectivity index (χ0n) is 11.7. The van der Waals surface area contributed by atoms with Crippen molar-refractivity contribution in [3.63, 3.8) is 0 Å². The molecule has 0 unspecified atom stereocenters. The fourth-order valence-electron chi connectivity index (χ4n) is 2.36. The van der Waals surface area contributed by atoms with Gasteiger partial charge in [-0.25, -0.2) is 13.5 Å². The molecule has 0 fully saturated rings. The summed E-state index contributed by atoms with van der Waals surface area (Å²) in [6.45, 7) is 0. The van der Waals surface area contributed by atoms with Crippen molar-refractivity contribution < 1.29 is 8.78 Å².